The van der Waals surface area contributed by atoms with Gasteiger partial charge in [-0.05, 0) is 0 Å². The van der Waals surface area contributed by atoms with Gasteiger partial charge >= 0.3 is 0 Å². The van der Waals surface area contributed by atoms with Crippen LogP contribution in [0.5, 0.6) is 0 Å². The SMILES string of the molecule is CC(C)c1nc(NN)cc(NCCO)n1. The Morgan fingerprint density at radius 2 is 2.07 bits per heavy atom. The van der Waals surface area contributed by atoms with Crippen molar-refractivity contribution in [2.45, 2.75) is 19.8 Å². The van der Waals surface area contributed by atoms with Crippen LogP contribution >= 0.6 is 0 Å². The van der Waals surface area contributed by atoms with Crippen molar-refractivity contribution in [1.29, 1.82) is 0 Å². The van der Waals surface area contributed by atoms with E-state index in [0.29, 0.717) is 24.0 Å². The number of hydrogen-bond acceptors (Lipinski definition) is 6. The summed E-state index contributed by atoms with van der Waals surface area (Å²) in [5.74, 6) is 7.47. The third-order valence-electron chi connectivity index (χ3n) is 1.83. The van der Waals surface area contributed by atoms with Gasteiger partial charge < -0.3 is 15.8 Å². The molecule has 0 atom stereocenters. The van der Waals surface area contributed by atoms with Crippen molar-refractivity contribution in [3.8, 4) is 0 Å². The maximum absolute atomic E-state index is 8.69. The summed E-state index contributed by atoms with van der Waals surface area (Å²) in [5, 5.41) is 11.7. The number of hydrazine groups is 1. The molecule has 0 saturated carbocycles. The Kier molecular flexibility index (Phi) is 4.26. The smallest absolute Gasteiger partial charge is 0.145 e. The molecule has 0 spiro atoms. The van der Waals surface area contributed by atoms with E-state index in [1.807, 2.05) is 13.8 Å². The Labute approximate surface area is 88.9 Å². The lowest BCUT2D eigenvalue weighted by molar-refractivity contribution is 0.311. The van der Waals surface area contributed by atoms with E-state index in [9.17, 15) is 0 Å². The fourth-order valence-corrected chi connectivity index (χ4v) is 1.07. The minimum absolute atomic E-state index is 0.0619. The number of anilines is 2. The first-order valence-electron chi connectivity index (χ1n) is 4.87. The summed E-state index contributed by atoms with van der Waals surface area (Å²) >= 11 is 0. The third kappa shape index (κ3) is 3.34. The number of aliphatic hydroxyl groups excluding tert-OH is 1. The van der Waals surface area contributed by atoms with Gasteiger partial charge in [0.05, 0.1) is 6.61 Å². The molecule has 6 heteroatoms. The molecule has 0 fully saturated rings. The summed E-state index contributed by atoms with van der Waals surface area (Å²) in [6.07, 6.45) is 0. The zero-order chi connectivity index (χ0) is 11.3. The molecule has 15 heavy (non-hydrogen) atoms. The molecule has 0 saturated heterocycles. The number of aliphatic hydroxyl groups is 1. The number of nitrogens with zero attached hydrogens (tertiary/aromatic N) is 2. The van der Waals surface area contributed by atoms with Crippen LogP contribution in [0, 0.1) is 0 Å². The van der Waals surface area contributed by atoms with Gasteiger partial charge in [-0.25, -0.2) is 15.8 Å². The molecule has 0 amide bonds. The molecule has 0 radical (unpaired) electrons. The number of rotatable bonds is 5. The molecule has 5 N–H and O–H groups in total. The maximum atomic E-state index is 8.69. The van der Waals surface area contributed by atoms with Gasteiger partial charge in [0.2, 0.25) is 0 Å². The van der Waals surface area contributed by atoms with Crippen molar-refractivity contribution in [3.05, 3.63) is 11.9 Å². The Morgan fingerprint density at radius 3 is 2.60 bits per heavy atom. The molecule has 1 aromatic heterocycles. The minimum atomic E-state index is 0.0619. The van der Waals surface area contributed by atoms with E-state index in [0.717, 1.165) is 0 Å². The zero-order valence-electron chi connectivity index (χ0n) is 8.99. The van der Waals surface area contributed by atoms with Crippen molar-refractivity contribution >= 4 is 11.6 Å². The van der Waals surface area contributed by atoms with Crippen LogP contribution in [0.25, 0.3) is 0 Å². The quantitative estimate of drug-likeness (QED) is 0.413. The Morgan fingerprint density at radius 1 is 1.40 bits per heavy atom. The molecule has 0 aliphatic heterocycles. The molecule has 1 aromatic rings. The summed E-state index contributed by atoms with van der Waals surface area (Å²) in [4.78, 5) is 8.50. The van der Waals surface area contributed by atoms with E-state index in [1.54, 1.807) is 6.07 Å². The van der Waals surface area contributed by atoms with Crippen molar-refractivity contribution in [2.24, 2.45) is 5.84 Å². The van der Waals surface area contributed by atoms with Crippen molar-refractivity contribution in [1.82, 2.24) is 9.97 Å². The van der Waals surface area contributed by atoms with E-state index in [1.165, 1.54) is 0 Å². The van der Waals surface area contributed by atoms with Crippen LogP contribution in [0.4, 0.5) is 11.6 Å². The van der Waals surface area contributed by atoms with Crippen LogP contribution in [-0.2, 0) is 0 Å². The number of aromatic nitrogens is 2. The van der Waals surface area contributed by atoms with Crippen LogP contribution in [0.1, 0.15) is 25.6 Å². The highest BCUT2D eigenvalue weighted by Crippen LogP contribution is 2.15. The molecule has 0 bridgehead atoms. The number of nitrogen functional groups attached to an aromatic ring is 1. The first-order valence-corrected chi connectivity index (χ1v) is 4.87. The van der Waals surface area contributed by atoms with Gasteiger partial charge in [-0.1, -0.05) is 13.8 Å². The van der Waals surface area contributed by atoms with Gasteiger partial charge in [0, 0.05) is 18.5 Å². The minimum Gasteiger partial charge on any atom is -0.395 e. The second-order valence-electron chi connectivity index (χ2n) is 3.45. The number of nitrogens with one attached hydrogen (secondary N) is 2. The van der Waals surface area contributed by atoms with Crippen molar-refractivity contribution < 1.29 is 5.11 Å². The first kappa shape index (κ1) is 11.7. The van der Waals surface area contributed by atoms with Crippen LogP contribution < -0.4 is 16.6 Å². The van der Waals surface area contributed by atoms with Gasteiger partial charge in [0.1, 0.15) is 17.5 Å². The van der Waals surface area contributed by atoms with E-state index in [4.69, 9.17) is 10.9 Å². The second kappa shape index (κ2) is 5.47. The molecule has 1 rings (SSSR count). The monoisotopic (exact) mass is 211 g/mol. The topological polar surface area (TPSA) is 96.1 Å². The first-order chi connectivity index (χ1) is 7.17. The zero-order valence-corrected chi connectivity index (χ0v) is 8.99. The van der Waals surface area contributed by atoms with E-state index >= 15 is 0 Å². The standard InChI is InChI=1S/C9H17N5O/c1-6(2)9-12-7(11-3-4-15)5-8(13-9)14-10/h5-6,15H,3-4,10H2,1-2H3,(H2,11,12,13,14). The van der Waals surface area contributed by atoms with Crippen LogP contribution in [-0.4, -0.2) is 28.2 Å². The highest BCUT2D eigenvalue weighted by Gasteiger charge is 2.06. The molecular formula is C9H17N5O. The number of nitrogens with two attached hydrogens (primary N) is 1. The fraction of sp³-hybridized carbons (Fsp3) is 0.556. The largest absolute Gasteiger partial charge is 0.395 e. The molecule has 0 aliphatic carbocycles. The van der Waals surface area contributed by atoms with E-state index in [2.05, 4.69) is 20.7 Å². The Balaban J connectivity index is 2.90. The second-order valence-corrected chi connectivity index (χ2v) is 3.45. The van der Waals surface area contributed by atoms with E-state index < -0.39 is 0 Å². The lowest BCUT2D eigenvalue weighted by Gasteiger charge is -2.10. The van der Waals surface area contributed by atoms with Gasteiger partial charge in [-0.2, -0.15) is 0 Å². The fourth-order valence-electron chi connectivity index (χ4n) is 1.07. The number of hydrogen-bond donors (Lipinski definition) is 4. The van der Waals surface area contributed by atoms with Crippen molar-refractivity contribution in [2.75, 3.05) is 23.9 Å². The summed E-state index contributed by atoms with van der Waals surface area (Å²) in [5.41, 5.74) is 2.49. The predicted molar refractivity (Wildman–Crippen MR) is 59.5 cm³/mol. The summed E-state index contributed by atoms with van der Waals surface area (Å²) in [7, 11) is 0. The molecule has 0 aliphatic rings. The average Bonchev–Trinajstić information content (AvgIpc) is 2.25. The Bertz CT molecular complexity index is 315. The molecule has 84 valence electrons. The van der Waals surface area contributed by atoms with E-state index in [-0.39, 0.29) is 12.5 Å². The molecule has 1 heterocycles. The summed E-state index contributed by atoms with van der Waals surface area (Å²) in [6.45, 7) is 4.53. The predicted octanol–water partition coefficient (Wildman–Crippen LogP) is 0.290. The summed E-state index contributed by atoms with van der Waals surface area (Å²) < 4.78 is 0. The highest BCUT2D eigenvalue weighted by molar-refractivity contribution is 5.47. The highest BCUT2D eigenvalue weighted by atomic mass is 16.3. The van der Waals surface area contributed by atoms with Crippen LogP contribution in [0.15, 0.2) is 6.07 Å². The molecular weight excluding hydrogens is 194 g/mol. The lowest BCUT2D eigenvalue weighted by atomic mass is 10.2. The lowest BCUT2D eigenvalue weighted by Crippen LogP contribution is -2.14. The van der Waals surface area contributed by atoms with Crippen LogP contribution in [0.2, 0.25) is 0 Å². The summed E-state index contributed by atoms with van der Waals surface area (Å²) in [6, 6.07) is 1.70. The Hall–Kier alpha value is -1.40. The van der Waals surface area contributed by atoms with Gasteiger partial charge in [0.25, 0.3) is 0 Å². The van der Waals surface area contributed by atoms with Crippen LogP contribution in [0.3, 0.4) is 0 Å². The molecule has 0 aromatic carbocycles. The third-order valence-corrected chi connectivity index (χ3v) is 1.83. The normalized spacial score (nSPS) is 10.5. The van der Waals surface area contributed by atoms with Gasteiger partial charge in [-0.3, -0.25) is 0 Å². The van der Waals surface area contributed by atoms with Gasteiger partial charge in [-0.15, -0.1) is 0 Å². The van der Waals surface area contributed by atoms with Crippen molar-refractivity contribution in [3.63, 3.8) is 0 Å². The van der Waals surface area contributed by atoms with Gasteiger partial charge in [0.15, 0.2) is 0 Å². The maximum Gasteiger partial charge on any atom is 0.145 e. The average molecular weight is 211 g/mol. The molecule has 6 nitrogen and oxygen atoms in total. The molecule has 0 unspecified atom stereocenters.